The number of rotatable bonds is 2. The highest BCUT2D eigenvalue weighted by molar-refractivity contribution is 7.17. The van der Waals surface area contributed by atoms with Crippen LogP contribution in [0.2, 0.25) is 5.02 Å². The van der Waals surface area contributed by atoms with E-state index in [9.17, 15) is 0 Å². The van der Waals surface area contributed by atoms with Gasteiger partial charge in [-0.05, 0) is 34.0 Å². The van der Waals surface area contributed by atoms with Gasteiger partial charge in [0.05, 0.1) is 6.04 Å². The van der Waals surface area contributed by atoms with E-state index in [2.05, 4.69) is 23.6 Å². The van der Waals surface area contributed by atoms with Gasteiger partial charge >= 0.3 is 0 Å². The minimum absolute atomic E-state index is 0.180. The number of benzene rings is 2. The number of hydrogen-bond donors (Lipinski definition) is 1. The normalized spacial score (nSPS) is 12.8. The summed E-state index contributed by atoms with van der Waals surface area (Å²) in [5.74, 6) is 0. The fourth-order valence-electron chi connectivity index (χ4n) is 2.16. The van der Waals surface area contributed by atoms with Crippen molar-refractivity contribution in [3.05, 3.63) is 70.1 Å². The van der Waals surface area contributed by atoms with Gasteiger partial charge in [-0.2, -0.15) is 0 Å². The first kappa shape index (κ1) is 11.7. The van der Waals surface area contributed by atoms with Crippen molar-refractivity contribution in [1.82, 2.24) is 0 Å². The summed E-state index contributed by atoms with van der Waals surface area (Å²) in [6.45, 7) is 0. The predicted molar refractivity (Wildman–Crippen MR) is 79.3 cm³/mol. The van der Waals surface area contributed by atoms with Crippen molar-refractivity contribution < 1.29 is 0 Å². The lowest BCUT2D eigenvalue weighted by Gasteiger charge is -2.15. The third kappa shape index (κ3) is 1.93. The zero-order valence-electron chi connectivity index (χ0n) is 9.64. The Labute approximate surface area is 115 Å². The molecule has 0 aliphatic heterocycles. The third-order valence-corrected chi connectivity index (χ3v) is 4.41. The molecule has 2 N–H and O–H groups in total. The summed E-state index contributed by atoms with van der Waals surface area (Å²) in [4.78, 5) is 0. The van der Waals surface area contributed by atoms with Crippen LogP contribution in [0.3, 0.4) is 0 Å². The van der Waals surface area contributed by atoms with E-state index in [4.69, 9.17) is 17.3 Å². The molecule has 3 heteroatoms. The van der Waals surface area contributed by atoms with Crippen molar-refractivity contribution in [2.45, 2.75) is 6.04 Å². The molecule has 1 heterocycles. The second kappa shape index (κ2) is 4.73. The molecule has 0 saturated heterocycles. The Hall–Kier alpha value is -1.35. The maximum Gasteiger partial charge on any atom is 0.0580 e. The van der Waals surface area contributed by atoms with Gasteiger partial charge in [-0.1, -0.05) is 48.0 Å². The Morgan fingerprint density at radius 3 is 2.56 bits per heavy atom. The summed E-state index contributed by atoms with van der Waals surface area (Å²) in [7, 11) is 0. The molecule has 0 fully saturated rings. The van der Waals surface area contributed by atoms with Gasteiger partial charge in [-0.25, -0.2) is 0 Å². The van der Waals surface area contributed by atoms with Crippen LogP contribution in [-0.4, -0.2) is 0 Å². The number of thiophene rings is 1. The van der Waals surface area contributed by atoms with Crippen LogP contribution in [-0.2, 0) is 0 Å². The van der Waals surface area contributed by atoms with Crippen LogP contribution in [0.25, 0.3) is 10.1 Å². The second-order valence-electron chi connectivity index (χ2n) is 4.19. The van der Waals surface area contributed by atoms with Crippen LogP contribution in [0.1, 0.15) is 17.2 Å². The van der Waals surface area contributed by atoms with E-state index in [1.54, 1.807) is 11.3 Å². The maximum absolute atomic E-state index is 6.36. The van der Waals surface area contributed by atoms with E-state index in [0.717, 1.165) is 16.1 Å². The quantitative estimate of drug-likeness (QED) is 0.725. The average molecular weight is 274 g/mol. The minimum Gasteiger partial charge on any atom is -0.320 e. The molecular weight excluding hydrogens is 262 g/mol. The lowest BCUT2D eigenvalue weighted by Crippen LogP contribution is -2.12. The van der Waals surface area contributed by atoms with Crippen LogP contribution >= 0.6 is 22.9 Å². The molecule has 0 saturated carbocycles. The molecule has 1 nitrogen and oxygen atoms in total. The number of halogens is 1. The molecule has 0 amide bonds. The van der Waals surface area contributed by atoms with Crippen LogP contribution in [0, 0.1) is 0 Å². The van der Waals surface area contributed by atoms with E-state index in [0.29, 0.717) is 0 Å². The smallest absolute Gasteiger partial charge is 0.0580 e. The van der Waals surface area contributed by atoms with Crippen LogP contribution in [0.4, 0.5) is 0 Å². The molecule has 0 spiro atoms. The topological polar surface area (TPSA) is 26.0 Å². The summed E-state index contributed by atoms with van der Waals surface area (Å²) in [5, 5.41) is 4.05. The zero-order valence-corrected chi connectivity index (χ0v) is 11.2. The monoisotopic (exact) mass is 273 g/mol. The molecule has 3 rings (SSSR count). The molecule has 3 aromatic rings. The van der Waals surface area contributed by atoms with Crippen LogP contribution in [0.5, 0.6) is 0 Å². The maximum atomic E-state index is 6.36. The van der Waals surface area contributed by atoms with Gasteiger partial charge in [0, 0.05) is 9.72 Å². The molecule has 2 aromatic carbocycles. The predicted octanol–water partition coefficient (Wildman–Crippen LogP) is 4.60. The molecule has 1 atom stereocenters. The molecule has 90 valence electrons. The zero-order chi connectivity index (χ0) is 12.5. The van der Waals surface area contributed by atoms with E-state index in [-0.39, 0.29) is 6.04 Å². The van der Waals surface area contributed by atoms with Crippen LogP contribution in [0.15, 0.2) is 53.9 Å². The minimum atomic E-state index is -0.180. The number of fused-ring (bicyclic) bond motifs is 1. The van der Waals surface area contributed by atoms with Gasteiger partial charge in [0.25, 0.3) is 0 Å². The Morgan fingerprint density at radius 2 is 1.72 bits per heavy atom. The summed E-state index contributed by atoms with van der Waals surface area (Å²) in [5.41, 5.74) is 8.47. The summed E-state index contributed by atoms with van der Waals surface area (Å²) in [6, 6.07) is 15.9. The summed E-state index contributed by atoms with van der Waals surface area (Å²) < 4.78 is 1.24. The highest BCUT2D eigenvalue weighted by atomic mass is 35.5. The lowest BCUT2D eigenvalue weighted by atomic mass is 9.98. The summed E-state index contributed by atoms with van der Waals surface area (Å²) in [6.07, 6.45) is 0. The average Bonchev–Trinajstić information content (AvgIpc) is 2.86. The Balaban J connectivity index is 2.15. The summed E-state index contributed by atoms with van der Waals surface area (Å²) >= 11 is 7.94. The van der Waals surface area contributed by atoms with Crippen molar-refractivity contribution in [2.75, 3.05) is 0 Å². The fourth-order valence-corrected chi connectivity index (χ4v) is 3.36. The SMILES string of the molecule is NC(c1ccccc1Cl)c1cccc2ccsc12. The van der Waals surface area contributed by atoms with Gasteiger partial charge < -0.3 is 5.73 Å². The standard InChI is InChI=1S/C15H12ClNS/c16-13-7-2-1-5-11(13)14(17)12-6-3-4-10-8-9-18-15(10)12/h1-9,14H,17H2. The second-order valence-corrected chi connectivity index (χ2v) is 5.51. The van der Waals surface area contributed by atoms with Gasteiger partial charge in [-0.15, -0.1) is 11.3 Å². The van der Waals surface area contributed by atoms with Crippen molar-refractivity contribution in [2.24, 2.45) is 5.73 Å². The van der Waals surface area contributed by atoms with Crippen molar-refractivity contribution >= 4 is 33.0 Å². The Kier molecular flexibility index (Phi) is 3.08. The van der Waals surface area contributed by atoms with E-state index >= 15 is 0 Å². The van der Waals surface area contributed by atoms with Crippen LogP contribution < -0.4 is 5.73 Å². The van der Waals surface area contributed by atoms with Crippen molar-refractivity contribution in [3.63, 3.8) is 0 Å². The largest absolute Gasteiger partial charge is 0.320 e. The van der Waals surface area contributed by atoms with Gasteiger partial charge in [-0.3, -0.25) is 0 Å². The highest BCUT2D eigenvalue weighted by Crippen LogP contribution is 2.33. The first-order valence-corrected chi connectivity index (χ1v) is 6.99. The number of hydrogen-bond acceptors (Lipinski definition) is 2. The molecule has 0 aliphatic carbocycles. The molecule has 1 aromatic heterocycles. The fraction of sp³-hybridized carbons (Fsp3) is 0.0667. The van der Waals surface area contributed by atoms with E-state index in [1.807, 2.05) is 30.3 Å². The van der Waals surface area contributed by atoms with Gasteiger partial charge in [0.1, 0.15) is 0 Å². The Morgan fingerprint density at radius 1 is 0.944 bits per heavy atom. The highest BCUT2D eigenvalue weighted by Gasteiger charge is 2.15. The van der Waals surface area contributed by atoms with Gasteiger partial charge in [0.15, 0.2) is 0 Å². The molecule has 1 unspecified atom stereocenters. The first-order valence-electron chi connectivity index (χ1n) is 5.73. The Bertz CT molecular complexity index is 690. The lowest BCUT2D eigenvalue weighted by molar-refractivity contribution is 0.883. The first-order chi connectivity index (χ1) is 8.77. The molecule has 18 heavy (non-hydrogen) atoms. The molecule has 0 radical (unpaired) electrons. The van der Waals surface area contributed by atoms with Gasteiger partial charge in [0.2, 0.25) is 0 Å². The van der Waals surface area contributed by atoms with Crippen molar-refractivity contribution in [3.8, 4) is 0 Å². The van der Waals surface area contributed by atoms with Crippen molar-refractivity contribution in [1.29, 1.82) is 0 Å². The molecule has 0 aliphatic rings. The third-order valence-electron chi connectivity index (χ3n) is 3.08. The van der Waals surface area contributed by atoms with E-state index in [1.165, 1.54) is 10.1 Å². The van der Waals surface area contributed by atoms with E-state index < -0.39 is 0 Å². The molecular formula is C15H12ClNS. The number of nitrogens with two attached hydrogens (primary N) is 1. The molecule has 0 bridgehead atoms.